The van der Waals surface area contributed by atoms with Gasteiger partial charge in [0.25, 0.3) is 5.91 Å². The number of ether oxygens (including phenoxy) is 1. The van der Waals surface area contributed by atoms with E-state index in [4.69, 9.17) is 4.74 Å². The second-order valence-corrected chi connectivity index (χ2v) is 13.5. The summed E-state index contributed by atoms with van der Waals surface area (Å²) in [7, 11) is 1.29. The van der Waals surface area contributed by atoms with Crippen LogP contribution in [0, 0.1) is 11.7 Å². The van der Waals surface area contributed by atoms with E-state index in [1.165, 1.54) is 44.9 Å². The van der Waals surface area contributed by atoms with E-state index in [9.17, 15) is 33.2 Å². The van der Waals surface area contributed by atoms with E-state index in [1.54, 1.807) is 13.8 Å². The highest BCUT2D eigenvalue weighted by Crippen LogP contribution is 2.19. The number of nitrogens with zero attached hydrogens (tertiary/aromatic N) is 1. The molecule has 1 heterocycles. The van der Waals surface area contributed by atoms with Crippen LogP contribution in [0.2, 0.25) is 0 Å². The Kier molecular flexibility index (Phi) is 15.1. The number of hydrogen-bond acceptors (Lipinski definition) is 8. The first-order valence-electron chi connectivity index (χ1n) is 16.4. The summed E-state index contributed by atoms with van der Waals surface area (Å²) in [6.07, 6.45) is 2.35. The maximum atomic E-state index is 14.7. The normalized spacial score (nSPS) is 23.1. The Morgan fingerprint density at radius 1 is 0.900 bits per heavy atom. The van der Waals surface area contributed by atoms with Gasteiger partial charge in [0.15, 0.2) is 11.6 Å². The van der Waals surface area contributed by atoms with Crippen LogP contribution in [0.4, 0.5) is 4.39 Å². The Bertz CT molecular complexity index is 1530. The van der Waals surface area contributed by atoms with E-state index in [2.05, 4.69) is 26.6 Å². The van der Waals surface area contributed by atoms with Crippen molar-refractivity contribution in [2.45, 2.75) is 70.7 Å². The number of methoxy groups -OCH3 is 1. The molecule has 0 radical (unpaired) electrons. The van der Waals surface area contributed by atoms with Gasteiger partial charge in [-0.15, -0.1) is 0 Å². The summed E-state index contributed by atoms with van der Waals surface area (Å²) in [4.78, 5) is 82.1. The van der Waals surface area contributed by atoms with Crippen molar-refractivity contribution in [1.29, 1.82) is 0 Å². The van der Waals surface area contributed by atoms with Gasteiger partial charge in [-0.3, -0.25) is 28.8 Å². The molecule has 2 aromatic rings. The fourth-order valence-corrected chi connectivity index (χ4v) is 5.81. The maximum absolute atomic E-state index is 14.7. The zero-order valence-electron chi connectivity index (χ0n) is 29.2. The molecule has 0 saturated carbocycles. The van der Waals surface area contributed by atoms with E-state index in [1.807, 2.05) is 36.6 Å². The summed E-state index contributed by atoms with van der Waals surface area (Å²) in [5.41, 5.74) is 0.741. The molecule has 0 unspecified atom stereocenters. The average molecular weight is 715 g/mol. The molecule has 1 aliphatic rings. The monoisotopic (exact) mass is 714 g/mol. The first-order chi connectivity index (χ1) is 23.7. The molecule has 0 aromatic heterocycles. The number of carbonyl (C=O) groups excluding carboxylic acids is 6. The van der Waals surface area contributed by atoms with Gasteiger partial charge in [0.05, 0.1) is 19.7 Å². The van der Waals surface area contributed by atoms with Crippen molar-refractivity contribution >= 4 is 47.2 Å². The predicted molar refractivity (Wildman–Crippen MR) is 188 cm³/mol. The molecule has 0 spiro atoms. The number of nitrogens with one attached hydrogen (secondary N) is 5. The second kappa shape index (κ2) is 18.9. The molecule has 1 aliphatic heterocycles. The standard InChI is InChI=1S/C35H47FN6O7S/c1-20(2)30-34(47)40-27(14-15-50-6)33(46)38-22(4)31(44)39-25(16-23-10-8-7-9-11-23)18-42(19-29(43)37-21(3)32(45)41-30)35(48)24-12-13-28(49-5)26(36)17-24/h7-13,17,20-22,25,27,30H,14-16,18-19H2,1-6H3,(H,37,43)(H,38,46)(H,39,44)(H,40,47)(H,41,45)/t21-,22+,25-,27+,30+/m1/s1. The summed E-state index contributed by atoms with van der Waals surface area (Å²) in [6.45, 7) is 5.63. The number of thioether (sulfide) groups is 1. The lowest BCUT2D eigenvalue weighted by molar-refractivity contribution is -0.135. The molecule has 3 rings (SSSR count). The first-order valence-corrected chi connectivity index (χ1v) is 17.8. The van der Waals surface area contributed by atoms with Crippen LogP contribution >= 0.6 is 11.8 Å². The Morgan fingerprint density at radius 3 is 2.18 bits per heavy atom. The molecule has 13 nitrogen and oxygen atoms in total. The average Bonchev–Trinajstić information content (AvgIpc) is 3.07. The molecule has 50 heavy (non-hydrogen) atoms. The molecule has 0 aliphatic carbocycles. The van der Waals surface area contributed by atoms with Gasteiger partial charge in [0.1, 0.15) is 24.2 Å². The second-order valence-electron chi connectivity index (χ2n) is 12.5. The Hall–Kier alpha value is -4.66. The van der Waals surface area contributed by atoms with Gasteiger partial charge in [-0.2, -0.15) is 11.8 Å². The van der Waals surface area contributed by atoms with Gasteiger partial charge in [-0.25, -0.2) is 4.39 Å². The topological polar surface area (TPSA) is 175 Å². The minimum Gasteiger partial charge on any atom is -0.494 e. The van der Waals surface area contributed by atoms with Gasteiger partial charge in [-0.1, -0.05) is 44.2 Å². The molecule has 5 atom stereocenters. The van der Waals surface area contributed by atoms with Crippen LogP contribution in [0.25, 0.3) is 0 Å². The van der Waals surface area contributed by atoms with E-state index in [0.717, 1.165) is 16.5 Å². The largest absolute Gasteiger partial charge is 0.494 e. The van der Waals surface area contributed by atoms with E-state index in [0.29, 0.717) is 5.75 Å². The van der Waals surface area contributed by atoms with Gasteiger partial charge < -0.3 is 36.2 Å². The first kappa shape index (κ1) is 39.8. The van der Waals surface area contributed by atoms with Crippen LogP contribution in [-0.4, -0.2) is 103 Å². The van der Waals surface area contributed by atoms with Crippen molar-refractivity contribution in [3.05, 3.63) is 65.5 Å². The third-order valence-electron chi connectivity index (χ3n) is 8.15. The van der Waals surface area contributed by atoms with Crippen molar-refractivity contribution in [1.82, 2.24) is 31.5 Å². The summed E-state index contributed by atoms with van der Waals surface area (Å²) >= 11 is 1.48. The van der Waals surface area contributed by atoms with E-state index in [-0.39, 0.29) is 36.6 Å². The van der Waals surface area contributed by atoms with Gasteiger partial charge >= 0.3 is 0 Å². The maximum Gasteiger partial charge on any atom is 0.254 e. The van der Waals surface area contributed by atoms with Crippen LogP contribution in [0.3, 0.4) is 0 Å². The molecule has 5 N–H and O–H groups in total. The van der Waals surface area contributed by atoms with Crippen molar-refractivity contribution in [2.75, 3.05) is 32.2 Å². The van der Waals surface area contributed by atoms with Crippen LogP contribution in [0.5, 0.6) is 5.75 Å². The lowest BCUT2D eigenvalue weighted by Crippen LogP contribution is -2.60. The number of rotatable bonds is 8. The predicted octanol–water partition coefficient (Wildman–Crippen LogP) is 1.41. The minimum absolute atomic E-state index is 0.0727. The van der Waals surface area contributed by atoms with Crippen molar-refractivity contribution in [3.8, 4) is 5.75 Å². The number of halogens is 1. The van der Waals surface area contributed by atoms with Crippen LogP contribution in [0.1, 0.15) is 50.0 Å². The summed E-state index contributed by atoms with van der Waals surface area (Å²) in [5, 5.41) is 13.5. The third-order valence-corrected chi connectivity index (χ3v) is 8.79. The molecule has 6 amide bonds. The lowest BCUT2D eigenvalue weighted by Gasteiger charge is -2.31. The number of carbonyl (C=O) groups is 6. The highest BCUT2D eigenvalue weighted by Gasteiger charge is 2.33. The Balaban J connectivity index is 2.04. The summed E-state index contributed by atoms with van der Waals surface area (Å²) < 4.78 is 19.7. The molecule has 15 heteroatoms. The lowest BCUT2D eigenvalue weighted by atomic mass is 10.0. The van der Waals surface area contributed by atoms with Crippen LogP contribution in [-0.2, 0) is 30.4 Å². The van der Waals surface area contributed by atoms with Gasteiger partial charge in [0.2, 0.25) is 29.5 Å². The Labute approximate surface area is 296 Å². The number of hydrogen-bond donors (Lipinski definition) is 5. The highest BCUT2D eigenvalue weighted by atomic mass is 32.2. The zero-order valence-corrected chi connectivity index (χ0v) is 30.0. The van der Waals surface area contributed by atoms with Crippen molar-refractivity contribution < 1.29 is 37.9 Å². The smallest absolute Gasteiger partial charge is 0.254 e. The van der Waals surface area contributed by atoms with Gasteiger partial charge in [-0.05, 0) is 68.4 Å². The quantitative estimate of drug-likeness (QED) is 0.273. The molecule has 0 bridgehead atoms. The van der Waals surface area contributed by atoms with Crippen molar-refractivity contribution in [2.24, 2.45) is 5.92 Å². The third kappa shape index (κ3) is 11.5. The zero-order chi connectivity index (χ0) is 37.0. The number of benzene rings is 2. The SMILES string of the molecule is COc1ccc(C(=O)N2CC(=O)N[C@H](C)C(=O)N[C@@H](C(C)C)C(=O)N[C@@H](CCSC)C(=O)N[C@@H](C)C(=O)N[C@H](Cc3ccccc3)C2)cc1F. The fraction of sp³-hybridized carbons (Fsp3) is 0.486. The van der Waals surface area contributed by atoms with Crippen molar-refractivity contribution in [3.63, 3.8) is 0 Å². The fourth-order valence-electron chi connectivity index (χ4n) is 5.34. The molecule has 1 saturated heterocycles. The molecular weight excluding hydrogens is 667 g/mol. The Morgan fingerprint density at radius 2 is 1.56 bits per heavy atom. The summed E-state index contributed by atoms with van der Waals surface area (Å²) in [6, 6.07) is 7.77. The summed E-state index contributed by atoms with van der Waals surface area (Å²) in [5.74, 6) is -4.54. The highest BCUT2D eigenvalue weighted by molar-refractivity contribution is 7.98. The molecule has 272 valence electrons. The molecule has 2 aromatic carbocycles. The van der Waals surface area contributed by atoms with Crippen LogP contribution < -0.4 is 31.3 Å². The van der Waals surface area contributed by atoms with E-state index < -0.39 is 78.0 Å². The molecule has 1 fully saturated rings. The number of amides is 6. The van der Waals surface area contributed by atoms with Gasteiger partial charge in [0, 0.05) is 12.1 Å². The van der Waals surface area contributed by atoms with Crippen LogP contribution in [0.15, 0.2) is 48.5 Å². The minimum atomic E-state index is -1.12. The molecular formula is C35H47FN6O7S. The van der Waals surface area contributed by atoms with E-state index >= 15 is 0 Å².